The van der Waals surface area contributed by atoms with Crippen LogP contribution in [0.4, 0.5) is 0 Å². The summed E-state index contributed by atoms with van der Waals surface area (Å²) in [5.41, 5.74) is 0.891. The van der Waals surface area contributed by atoms with Gasteiger partial charge in [0.25, 0.3) is 0 Å². The van der Waals surface area contributed by atoms with Gasteiger partial charge in [-0.2, -0.15) is 4.31 Å². The SMILES string of the molecule is CS(=O)(=O)N1CCCC[C@@H]1C(=O)NCc1ccc(-c2ccc(Cl)cc2)o1. The normalized spacial score (nSPS) is 18.6. The average molecular weight is 397 g/mol. The molecule has 1 saturated heterocycles. The lowest BCUT2D eigenvalue weighted by Crippen LogP contribution is -2.51. The topological polar surface area (TPSA) is 79.6 Å². The molecule has 8 heteroatoms. The van der Waals surface area contributed by atoms with Gasteiger partial charge < -0.3 is 9.73 Å². The molecule has 1 aliphatic heterocycles. The molecule has 0 saturated carbocycles. The summed E-state index contributed by atoms with van der Waals surface area (Å²) in [4.78, 5) is 12.5. The molecule has 2 heterocycles. The lowest BCUT2D eigenvalue weighted by molar-refractivity contribution is -0.125. The van der Waals surface area contributed by atoms with Crippen molar-refractivity contribution in [2.75, 3.05) is 12.8 Å². The van der Waals surface area contributed by atoms with Gasteiger partial charge in [-0.1, -0.05) is 18.0 Å². The number of carbonyl (C=O) groups excluding carboxylic acids is 1. The predicted molar refractivity (Wildman–Crippen MR) is 100 cm³/mol. The zero-order chi connectivity index (χ0) is 18.7. The molecule has 0 spiro atoms. The van der Waals surface area contributed by atoms with Crippen molar-refractivity contribution in [2.24, 2.45) is 0 Å². The molecule has 26 heavy (non-hydrogen) atoms. The molecule has 0 aliphatic carbocycles. The summed E-state index contributed by atoms with van der Waals surface area (Å²) in [6.07, 6.45) is 3.29. The van der Waals surface area contributed by atoms with E-state index in [0.717, 1.165) is 24.7 Å². The highest BCUT2D eigenvalue weighted by Gasteiger charge is 2.34. The van der Waals surface area contributed by atoms with E-state index in [2.05, 4.69) is 5.32 Å². The van der Waals surface area contributed by atoms with Crippen molar-refractivity contribution in [3.63, 3.8) is 0 Å². The summed E-state index contributed by atoms with van der Waals surface area (Å²) >= 11 is 5.88. The number of hydrogen-bond donors (Lipinski definition) is 1. The maximum Gasteiger partial charge on any atom is 0.238 e. The Labute approximate surface area is 158 Å². The van der Waals surface area contributed by atoms with Gasteiger partial charge in [0.05, 0.1) is 12.8 Å². The molecule has 1 N–H and O–H groups in total. The zero-order valence-corrected chi connectivity index (χ0v) is 16.0. The van der Waals surface area contributed by atoms with E-state index in [4.69, 9.17) is 16.0 Å². The number of sulfonamides is 1. The maximum atomic E-state index is 12.5. The number of halogens is 1. The second-order valence-electron chi connectivity index (χ2n) is 6.38. The summed E-state index contributed by atoms with van der Waals surface area (Å²) in [6, 6.07) is 10.2. The molecule has 140 valence electrons. The lowest BCUT2D eigenvalue weighted by Gasteiger charge is -2.32. The molecule has 6 nitrogen and oxygen atoms in total. The van der Waals surface area contributed by atoms with Crippen LogP contribution in [0.5, 0.6) is 0 Å². The molecule has 0 unspecified atom stereocenters. The highest BCUT2D eigenvalue weighted by molar-refractivity contribution is 7.88. The molecular formula is C18H21ClN2O4S. The third-order valence-electron chi connectivity index (χ3n) is 4.41. The van der Waals surface area contributed by atoms with Gasteiger partial charge in [0.15, 0.2) is 0 Å². The second kappa shape index (κ2) is 7.82. The van der Waals surface area contributed by atoms with Crippen LogP contribution in [0.1, 0.15) is 25.0 Å². The molecule has 1 atom stereocenters. The predicted octanol–water partition coefficient (Wildman–Crippen LogP) is 3.03. The fourth-order valence-corrected chi connectivity index (χ4v) is 4.35. The minimum atomic E-state index is -3.40. The van der Waals surface area contributed by atoms with Gasteiger partial charge in [0.2, 0.25) is 15.9 Å². The van der Waals surface area contributed by atoms with Crippen LogP contribution in [0, 0.1) is 0 Å². The van der Waals surface area contributed by atoms with Crippen molar-refractivity contribution in [1.29, 1.82) is 0 Å². The molecule has 1 aromatic heterocycles. The Morgan fingerprint density at radius 1 is 1.23 bits per heavy atom. The van der Waals surface area contributed by atoms with E-state index in [1.165, 1.54) is 4.31 Å². The third-order valence-corrected chi connectivity index (χ3v) is 5.95. The first kappa shape index (κ1) is 18.9. The monoisotopic (exact) mass is 396 g/mol. The van der Waals surface area contributed by atoms with Gasteiger partial charge in [-0.25, -0.2) is 8.42 Å². The molecular weight excluding hydrogens is 376 g/mol. The van der Waals surface area contributed by atoms with E-state index in [9.17, 15) is 13.2 Å². The molecule has 3 rings (SSSR count). The summed E-state index contributed by atoms with van der Waals surface area (Å²) in [5, 5.41) is 3.43. The van der Waals surface area contributed by atoms with Crippen LogP contribution >= 0.6 is 11.6 Å². The van der Waals surface area contributed by atoms with Gasteiger partial charge >= 0.3 is 0 Å². The lowest BCUT2D eigenvalue weighted by atomic mass is 10.0. The van der Waals surface area contributed by atoms with Gasteiger partial charge in [0.1, 0.15) is 17.6 Å². The first-order valence-electron chi connectivity index (χ1n) is 8.44. The number of benzene rings is 1. The van der Waals surface area contributed by atoms with Crippen LogP contribution in [0.2, 0.25) is 5.02 Å². The number of carbonyl (C=O) groups is 1. The van der Waals surface area contributed by atoms with Crippen molar-refractivity contribution in [3.05, 3.63) is 47.2 Å². The van der Waals surface area contributed by atoms with Crippen LogP contribution in [0.25, 0.3) is 11.3 Å². The van der Waals surface area contributed by atoms with Crippen LogP contribution in [0.15, 0.2) is 40.8 Å². The molecule has 0 bridgehead atoms. The van der Waals surface area contributed by atoms with E-state index in [1.807, 2.05) is 18.2 Å². The van der Waals surface area contributed by atoms with Crippen LogP contribution in [-0.4, -0.2) is 37.5 Å². The van der Waals surface area contributed by atoms with Crippen molar-refractivity contribution >= 4 is 27.5 Å². The van der Waals surface area contributed by atoms with Crippen molar-refractivity contribution in [3.8, 4) is 11.3 Å². The van der Waals surface area contributed by atoms with E-state index >= 15 is 0 Å². The molecule has 0 radical (unpaired) electrons. The Bertz CT molecular complexity index is 877. The molecule has 2 aromatic rings. The van der Waals surface area contributed by atoms with E-state index in [-0.39, 0.29) is 12.5 Å². The standard InChI is InChI=1S/C18H21ClN2O4S/c1-26(23,24)21-11-3-2-4-16(21)18(22)20-12-15-9-10-17(25-15)13-5-7-14(19)8-6-13/h5-10,16H,2-4,11-12H2,1H3,(H,20,22)/t16-/m1/s1. The summed E-state index contributed by atoms with van der Waals surface area (Å²) < 4.78 is 30.8. The fraction of sp³-hybridized carbons (Fsp3) is 0.389. The summed E-state index contributed by atoms with van der Waals surface area (Å²) in [5.74, 6) is 0.992. The Balaban J connectivity index is 1.63. The maximum absolute atomic E-state index is 12.5. The van der Waals surface area contributed by atoms with Gasteiger partial charge in [0, 0.05) is 17.1 Å². The number of piperidine rings is 1. The Morgan fingerprint density at radius 2 is 1.96 bits per heavy atom. The molecule has 1 aromatic carbocycles. The van der Waals surface area contributed by atoms with E-state index < -0.39 is 16.1 Å². The van der Waals surface area contributed by atoms with E-state index in [1.54, 1.807) is 18.2 Å². The second-order valence-corrected chi connectivity index (χ2v) is 8.75. The third kappa shape index (κ3) is 4.47. The summed E-state index contributed by atoms with van der Waals surface area (Å²) in [6.45, 7) is 0.596. The zero-order valence-electron chi connectivity index (χ0n) is 14.4. The van der Waals surface area contributed by atoms with Crippen LogP contribution in [-0.2, 0) is 21.4 Å². The molecule has 1 amide bonds. The minimum absolute atomic E-state index is 0.209. The Kier molecular flexibility index (Phi) is 5.70. The van der Waals surface area contributed by atoms with Crippen LogP contribution < -0.4 is 5.32 Å². The number of furan rings is 1. The first-order chi connectivity index (χ1) is 12.3. The van der Waals surface area contributed by atoms with E-state index in [0.29, 0.717) is 29.5 Å². The first-order valence-corrected chi connectivity index (χ1v) is 10.7. The van der Waals surface area contributed by atoms with Crippen molar-refractivity contribution < 1.29 is 17.6 Å². The Morgan fingerprint density at radius 3 is 2.65 bits per heavy atom. The highest BCUT2D eigenvalue weighted by atomic mass is 35.5. The highest BCUT2D eigenvalue weighted by Crippen LogP contribution is 2.24. The molecule has 1 fully saturated rings. The van der Waals surface area contributed by atoms with Gasteiger partial charge in [-0.05, 0) is 49.2 Å². The number of nitrogens with zero attached hydrogens (tertiary/aromatic N) is 1. The van der Waals surface area contributed by atoms with Gasteiger partial charge in [-0.3, -0.25) is 4.79 Å². The van der Waals surface area contributed by atoms with Crippen molar-refractivity contribution in [2.45, 2.75) is 31.8 Å². The largest absolute Gasteiger partial charge is 0.459 e. The average Bonchev–Trinajstić information content (AvgIpc) is 3.08. The fourth-order valence-electron chi connectivity index (χ4n) is 3.10. The number of amides is 1. The number of rotatable bonds is 5. The van der Waals surface area contributed by atoms with Crippen LogP contribution in [0.3, 0.4) is 0 Å². The number of nitrogens with one attached hydrogen (secondary N) is 1. The number of hydrogen-bond acceptors (Lipinski definition) is 4. The minimum Gasteiger partial charge on any atom is -0.459 e. The van der Waals surface area contributed by atoms with Crippen molar-refractivity contribution in [1.82, 2.24) is 9.62 Å². The van der Waals surface area contributed by atoms with Gasteiger partial charge in [-0.15, -0.1) is 0 Å². The Hall–Kier alpha value is -1.83. The quantitative estimate of drug-likeness (QED) is 0.842. The molecule has 1 aliphatic rings. The summed E-state index contributed by atoms with van der Waals surface area (Å²) in [7, 11) is -3.40. The smallest absolute Gasteiger partial charge is 0.238 e.